The highest BCUT2D eigenvalue weighted by Gasteiger charge is 2.29. The van der Waals surface area contributed by atoms with Crippen LogP contribution in [0.25, 0.3) is 22.0 Å². The van der Waals surface area contributed by atoms with Crippen LogP contribution in [-0.4, -0.2) is 28.2 Å². The molecule has 0 bridgehead atoms. The van der Waals surface area contributed by atoms with Gasteiger partial charge in [0.1, 0.15) is 0 Å². The van der Waals surface area contributed by atoms with Crippen LogP contribution in [0.2, 0.25) is 0 Å². The summed E-state index contributed by atoms with van der Waals surface area (Å²) in [6, 6.07) is 11.3. The molecule has 0 fully saturated rings. The Bertz CT molecular complexity index is 1290. The molecule has 2 aromatic heterocycles. The zero-order valence-corrected chi connectivity index (χ0v) is 18.9. The number of benzene rings is 2. The Morgan fingerprint density at radius 3 is 2.52 bits per heavy atom. The van der Waals surface area contributed by atoms with Crippen molar-refractivity contribution in [2.24, 2.45) is 0 Å². The molecule has 158 valence electrons. The molecule has 0 amide bonds. The Kier molecular flexibility index (Phi) is 4.69. The molecule has 1 aliphatic rings. The monoisotopic (exact) mass is 412 g/mol. The molecule has 0 unspecified atom stereocenters. The van der Waals surface area contributed by atoms with Crippen molar-refractivity contribution < 1.29 is 4.74 Å². The topological polar surface area (TPSA) is 43.2 Å². The molecule has 0 N–H and O–H groups in total. The predicted molar refractivity (Wildman–Crippen MR) is 127 cm³/mol. The van der Waals surface area contributed by atoms with Gasteiger partial charge in [0.05, 0.1) is 30.7 Å². The first-order chi connectivity index (χ1) is 15.0. The van der Waals surface area contributed by atoms with Crippen molar-refractivity contribution in [2.75, 3.05) is 18.6 Å². The second-order valence-electron chi connectivity index (χ2n) is 8.32. The van der Waals surface area contributed by atoms with E-state index < -0.39 is 0 Å². The number of hydrogen-bond donors (Lipinski definition) is 0. The molecule has 0 saturated heterocycles. The average molecular weight is 413 g/mol. The molecule has 5 rings (SSSR count). The van der Waals surface area contributed by atoms with Crippen LogP contribution in [0.15, 0.2) is 42.7 Å². The lowest BCUT2D eigenvalue weighted by Crippen LogP contribution is -2.29. The summed E-state index contributed by atoms with van der Waals surface area (Å²) in [6.45, 7) is 10.6. The Hall–Kier alpha value is -3.34. The fraction of sp³-hybridized carbons (Fsp3) is 0.308. The van der Waals surface area contributed by atoms with Gasteiger partial charge in [-0.1, -0.05) is 36.8 Å². The second-order valence-corrected chi connectivity index (χ2v) is 8.32. The highest BCUT2D eigenvalue weighted by atomic mass is 16.5. The van der Waals surface area contributed by atoms with Gasteiger partial charge < -0.3 is 14.2 Å². The number of aryl methyl sites for hydroxylation is 2. The SMILES string of the molecule is CCc1c(C)c2c3c(cc(C)n3CCN2c2cncc(OC)n2)c1-c1ccc(C)cc1. The summed E-state index contributed by atoms with van der Waals surface area (Å²) in [5.74, 6) is 1.37. The number of hydrogen-bond acceptors (Lipinski definition) is 4. The van der Waals surface area contributed by atoms with Crippen LogP contribution in [-0.2, 0) is 13.0 Å². The van der Waals surface area contributed by atoms with Gasteiger partial charge in [0, 0.05) is 24.2 Å². The third-order valence-corrected chi connectivity index (χ3v) is 6.50. The van der Waals surface area contributed by atoms with E-state index in [9.17, 15) is 0 Å². The maximum Gasteiger partial charge on any atom is 0.234 e. The highest BCUT2D eigenvalue weighted by molar-refractivity contribution is 6.07. The molecule has 5 heteroatoms. The van der Waals surface area contributed by atoms with E-state index in [0.29, 0.717) is 5.88 Å². The van der Waals surface area contributed by atoms with Crippen LogP contribution >= 0.6 is 0 Å². The summed E-state index contributed by atoms with van der Waals surface area (Å²) in [5.41, 5.74) is 10.5. The molecule has 0 saturated carbocycles. The van der Waals surface area contributed by atoms with E-state index in [4.69, 9.17) is 9.72 Å². The van der Waals surface area contributed by atoms with Gasteiger partial charge >= 0.3 is 0 Å². The van der Waals surface area contributed by atoms with Gasteiger partial charge in [0.2, 0.25) is 5.88 Å². The van der Waals surface area contributed by atoms with Crippen molar-refractivity contribution >= 4 is 22.4 Å². The zero-order chi connectivity index (χ0) is 21.7. The summed E-state index contributed by atoms with van der Waals surface area (Å²) < 4.78 is 7.81. The van der Waals surface area contributed by atoms with E-state index in [1.165, 1.54) is 50.1 Å². The summed E-state index contributed by atoms with van der Waals surface area (Å²) >= 11 is 0. The summed E-state index contributed by atoms with van der Waals surface area (Å²) in [4.78, 5) is 11.4. The Morgan fingerprint density at radius 1 is 1.03 bits per heavy atom. The van der Waals surface area contributed by atoms with Crippen molar-refractivity contribution in [3.63, 3.8) is 0 Å². The van der Waals surface area contributed by atoms with E-state index in [1.807, 2.05) is 6.20 Å². The first kappa shape index (κ1) is 19.6. The van der Waals surface area contributed by atoms with Crippen molar-refractivity contribution in [1.82, 2.24) is 14.5 Å². The van der Waals surface area contributed by atoms with Gasteiger partial charge in [-0.15, -0.1) is 0 Å². The molecule has 4 aromatic rings. The molecule has 1 aliphatic heterocycles. The van der Waals surface area contributed by atoms with E-state index >= 15 is 0 Å². The number of methoxy groups -OCH3 is 1. The molecule has 0 radical (unpaired) electrons. The molecule has 0 spiro atoms. The smallest absolute Gasteiger partial charge is 0.234 e. The van der Waals surface area contributed by atoms with Gasteiger partial charge in [-0.05, 0) is 55.5 Å². The minimum atomic E-state index is 0.538. The van der Waals surface area contributed by atoms with E-state index in [0.717, 1.165) is 25.3 Å². The fourth-order valence-electron chi connectivity index (χ4n) is 5.01. The van der Waals surface area contributed by atoms with Gasteiger partial charge in [-0.3, -0.25) is 4.98 Å². The number of ether oxygens (including phenoxy) is 1. The van der Waals surface area contributed by atoms with E-state index in [-0.39, 0.29) is 0 Å². The molecule has 0 atom stereocenters. The molecular weight excluding hydrogens is 384 g/mol. The Morgan fingerprint density at radius 2 is 1.81 bits per heavy atom. The van der Waals surface area contributed by atoms with Gasteiger partial charge in [-0.25, -0.2) is 0 Å². The lowest BCUT2D eigenvalue weighted by molar-refractivity contribution is 0.396. The number of anilines is 2. The fourth-order valence-corrected chi connectivity index (χ4v) is 5.01. The lowest BCUT2D eigenvalue weighted by atomic mass is 9.88. The molecule has 3 heterocycles. The number of rotatable bonds is 4. The largest absolute Gasteiger partial charge is 0.480 e. The standard InChI is InChI=1S/C26H28N4O/c1-6-20-18(4)25-26-21(24(20)19-9-7-16(2)8-10-19)13-17(3)29(26)11-12-30(25)22-14-27-15-23(28-22)31-5/h7-10,13-15H,6,11-12H2,1-5H3. The van der Waals surface area contributed by atoms with Crippen molar-refractivity contribution in [3.8, 4) is 17.0 Å². The van der Waals surface area contributed by atoms with Gasteiger partial charge in [-0.2, -0.15) is 4.98 Å². The minimum absolute atomic E-state index is 0.538. The van der Waals surface area contributed by atoms with Crippen LogP contribution in [0.1, 0.15) is 29.3 Å². The van der Waals surface area contributed by atoms with Crippen molar-refractivity contribution in [1.29, 1.82) is 0 Å². The maximum absolute atomic E-state index is 5.35. The zero-order valence-electron chi connectivity index (χ0n) is 18.9. The van der Waals surface area contributed by atoms with Crippen LogP contribution < -0.4 is 9.64 Å². The highest BCUT2D eigenvalue weighted by Crippen LogP contribution is 2.46. The first-order valence-electron chi connectivity index (χ1n) is 10.9. The van der Waals surface area contributed by atoms with E-state index in [1.54, 1.807) is 13.3 Å². The Labute approximate surface area is 183 Å². The molecule has 2 aromatic carbocycles. The summed E-state index contributed by atoms with van der Waals surface area (Å²) in [7, 11) is 1.63. The van der Waals surface area contributed by atoms with Crippen molar-refractivity contribution in [3.05, 3.63) is 65.1 Å². The predicted octanol–water partition coefficient (Wildman–Crippen LogP) is 5.75. The molecular formula is C26H28N4O. The van der Waals surface area contributed by atoms with Crippen LogP contribution in [0.3, 0.4) is 0 Å². The number of nitrogens with zero attached hydrogens (tertiary/aromatic N) is 4. The quantitative estimate of drug-likeness (QED) is 0.428. The molecule has 5 nitrogen and oxygen atoms in total. The van der Waals surface area contributed by atoms with Crippen molar-refractivity contribution in [2.45, 2.75) is 40.7 Å². The Balaban J connectivity index is 1.83. The number of aromatic nitrogens is 3. The van der Waals surface area contributed by atoms with Crippen LogP contribution in [0.4, 0.5) is 11.5 Å². The average Bonchev–Trinajstić information content (AvgIpc) is 3.13. The summed E-state index contributed by atoms with van der Waals surface area (Å²) in [5, 5.41) is 1.32. The third-order valence-electron chi connectivity index (χ3n) is 6.50. The normalized spacial score (nSPS) is 13.1. The summed E-state index contributed by atoms with van der Waals surface area (Å²) in [6.07, 6.45) is 4.46. The maximum atomic E-state index is 5.35. The second kappa shape index (κ2) is 7.41. The molecule has 31 heavy (non-hydrogen) atoms. The molecule has 0 aliphatic carbocycles. The van der Waals surface area contributed by atoms with Gasteiger partial charge in [0.25, 0.3) is 0 Å². The first-order valence-corrected chi connectivity index (χ1v) is 10.9. The van der Waals surface area contributed by atoms with Crippen LogP contribution in [0.5, 0.6) is 5.88 Å². The minimum Gasteiger partial charge on any atom is -0.480 e. The van der Waals surface area contributed by atoms with Gasteiger partial charge in [0.15, 0.2) is 5.82 Å². The third kappa shape index (κ3) is 2.99. The van der Waals surface area contributed by atoms with Crippen LogP contribution in [0, 0.1) is 20.8 Å². The lowest BCUT2D eigenvalue weighted by Gasteiger charge is -2.33. The van der Waals surface area contributed by atoms with E-state index in [2.05, 4.69) is 72.5 Å².